The van der Waals surface area contributed by atoms with Crippen molar-refractivity contribution >= 4 is 28.9 Å². The third-order valence-corrected chi connectivity index (χ3v) is 5.78. The van der Waals surface area contributed by atoms with Gasteiger partial charge < -0.3 is 10.2 Å². The molecule has 1 heterocycles. The minimum atomic E-state index is 0.0294. The van der Waals surface area contributed by atoms with Gasteiger partial charge in [0.15, 0.2) is 0 Å². The molecular weight excluding hydrogens is 394 g/mol. The van der Waals surface area contributed by atoms with Gasteiger partial charge in [-0.1, -0.05) is 72.3 Å². The van der Waals surface area contributed by atoms with Crippen LogP contribution in [0.4, 0.5) is 11.4 Å². The number of halogens is 1. The van der Waals surface area contributed by atoms with Gasteiger partial charge in [-0.15, -0.1) is 0 Å². The van der Waals surface area contributed by atoms with Crippen LogP contribution in [0.1, 0.15) is 11.1 Å². The molecule has 0 radical (unpaired) electrons. The summed E-state index contributed by atoms with van der Waals surface area (Å²) in [7, 11) is 0. The van der Waals surface area contributed by atoms with Crippen LogP contribution in [0, 0.1) is 0 Å². The summed E-state index contributed by atoms with van der Waals surface area (Å²) in [5.74, 6) is 0.0294. The van der Waals surface area contributed by atoms with Gasteiger partial charge in [-0.05, 0) is 35.7 Å². The first-order chi connectivity index (χ1) is 14.7. The van der Waals surface area contributed by atoms with E-state index in [4.69, 9.17) is 11.6 Å². The monoisotopic (exact) mass is 419 g/mol. The number of anilines is 2. The van der Waals surface area contributed by atoms with E-state index < -0.39 is 0 Å². The predicted octanol–water partition coefficient (Wildman–Crippen LogP) is 4.69. The van der Waals surface area contributed by atoms with Crippen molar-refractivity contribution in [3.05, 3.63) is 95.0 Å². The minimum Gasteiger partial charge on any atom is -0.368 e. The van der Waals surface area contributed by atoms with Crippen molar-refractivity contribution in [2.45, 2.75) is 6.42 Å². The number of carbonyl (C=O) groups is 1. The van der Waals surface area contributed by atoms with Crippen LogP contribution in [0.5, 0.6) is 0 Å². The van der Waals surface area contributed by atoms with Crippen molar-refractivity contribution in [2.75, 3.05) is 42.9 Å². The van der Waals surface area contributed by atoms with E-state index in [1.165, 1.54) is 5.56 Å². The Kier molecular flexibility index (Phi) is 6.67. The van der Waals surface area contributed by atoms with E-state index in [-0.39, 0.29) is 5.91 Å². The molecular formula is C25H26ClN3O. The zero-order chi connectivity index (χ0) is 20.8. The number of hydrogen-bond donors (Lipinski definition) is 1. The maximum atomic E-state index is 12.7. The Hall–Kier alpha value is -2.82. The van der Waals surface area contributed by atoms with E-state index >= 15 is 0 Å². The summed E-state index contributed by atoms with van der Waals surface area (Å²) in [6, 6.07) is 26.3. The second-order valence-electron chi connectivity index (χ2n) is 7.58. The van der Waals surface area contributed by atoms with Crippen LogP contribution in [0.25, 0.3) is 0 Å². The highest BCUT2D eigenvalue weighted by Gasteiger charge is 2.20. The molecule has 1 aliphatic rings. The van der Waals surface area contributed by atoms with E-state index in [2.05, 4.69) is 33.3 Å². The lowest BCUT2D eigenvalue weighted by Gasteiger charge is -2.36. The highest BCUT2D eigenvalue weighted by molar-refractivity contribution is 6.33. The summed E-state index contributed by atoms with van der Waals surface area (Å²) in [4.78, 5) is 17.2. The number of benzene rings is 3. The average molecular weight is 420 g/mol. The summed E-state index contributed by atoms with van der Waals surface area (Å²) in [6.07, 6.45) is 0.799. The number of piperazine rings is 1. The molecule has 30 heavy (non-hydrogen) atoms. The Labute approximate surface area is 183 Å². The first-order valence-electron chi connectivity index (χ1n) is 10.3. The van der Waals surface area contributed by atoms with Crippen molar-refractivity contribution in [3.8, 4) is 0 Å². The summed E-state index contributed by atoms with van der Waals surface area (Å²) in [5.41, 5.74) is 4.31. The van der Waals surface area contributed by atoms with Gasteiger partial charge in [-0.3, -0.25) is 9.69 Å². The topological polar surface area (TPSA) is 35.6 Å². The van der Waals surface area contributed by atoms with E-state index in [0.29, 0.717) is 6.54 Å². The van der Waals surface area contributed by atoms with Gasteiger partial charge in [0.05, 0.1) is 17.3 Å². The number of amides is 1. The molecule has 0 spiro atoms. The number of para-hydroxylation sites is 2. The summed E-state index contributed by atoms with van der Waals surface area (Å²) in [5, 5.41) is 3.89. The van der Waals surface area contributed by atoms with E-state index in [0.717, 1.165) is 54.6 Å². The first kappa shape index (κ1) is 20.5. The summed E-state index contributed by atoms with van der Waals surface area (Å²) >= 11 is 6.32. The molecule has 0 bridgehead atoms. The van der Waals surface area contributed by atoms with Crippen LogP contribution in [0.15, 0.2) is 78.9 Å². The molecule has 0 aliphatic carbocycles. The molecule has 1 aliphatic heterocycles. The van der Waals surface area contributed by atoms with E-state index in [1.54, 1.807) is 0 Å². The smallest absolute Gasteiger partial charge is 0.238 e. The zero-order valence-corrected chi connectivity index (χ0v) is 17.7. The number of nitrogens with zero attached hydrogens (tertiary/aromatic N) is 2. The Morgan fingerprint density at radius 1 is 0.833 bits per heavy atom. The number of hydrogen-bond acceptors (Lipinski definition) is 3. The maximum Gasteiger partial charge on any atom is 0.238 e. The van der Waals surface area contributed by atoms with Crippen LogP contribution in [-0.2, 0) is 11.2 Å². The number of carbonyl (C=O) groups excluding carboxylic acids is 1. The lowest BCUT2D eigenvalue weighted by atomic mass is 10.0. The standard InChI is InChI=1S/C25H26ClN3O/c26-22-11-5-7-13-24(22)29-16-14-28(15-17-29)19-25(30)27-23-12-6-4-10-21(23)18-20-8-2-1-3-9-20/h1-13H,14-19H2,(H,27,30). The average Bonchev–Trinajstić information content (AvgIpc) is 2.77. The number of nitrogens with one attached hydrogen (secondary N) is 1. The quantitative estimate of drug-likeness (QED) is 0.629. The fraction of sp³-hybridized carbons (Fsp3) is 0.240. The maximum absolute atomic E-state index is 12.7. The van der Waals surface area contributed by atoms with Gasteiger partial charge in [0.2, 0.25) is 5.91 Å². The SMILES string of the molecule is O=C(CN1CCN(c2ccccc2Cl)CC1)Nc1ccccc1Cc1ccccc1. The Morgan fingerprint density at radius 3 is 2.27 bits per heavy atom. The zero-order valence-electron chi connectivity index (χ0n) is 16.9. The van der Waals surface area contributed by atoms with Gasteiger partial charge in [-0.2, -0.15) is 0 Å². The molecule has 0 unspecified atom stereocenters. The fourth-order valence-electron chi connectivity index (χ4n) is 3.86. The minimum absolute atomic E-state index is 0.0294. The first-order valence-corrected chi connectivity index (χ1v) is 10.7. The Morgan fingerprint density at radius 2 is 1.50 bits per heavy atom. The molecule has 1 amide bonds. The Balaban J connectivity index is 1.32. The van der Waals surface area contributed by atoms with Gasteiger partial charge in [-0.25, -0.2) is 0 Å². The van der Waals surface area contributed by atoms with Gasteiger partial charge in [0.1, 0.15) is 0 Å². The highest BCUT2D eigenvalue weighted by atomic mass is 35.5. The Bertz CT molecular complexity index is 984. The largest absolute Gasteiger partial charge is 0.368 e. The summed E-state index contributed by atoms with van der Waals surface area (Å²) < 4.78 is 0. The highest BCUT2D eigenvalue weighted by Crippen LogP contribution is 2.26. The van der Waals surface area contributed by atoms with Crippen LogP contribution < -0.4 is 10.2 Å². The fourth-order valence-corrected chi connectivity index (χ4v) is 4.12. The third-order valence-electron chi connectivity index (χ3n) is 5.46. The normalized spacial score (nSPS) is 14.5. The van der Waals surface area contributed by atoms with Crippen molar-refractivity contribution < 1.29 is 4.79 Å². The second-order valence-corrected chi connectivity index (χ2v) is 7.99. The molecule has 3 aromatic carbocycles. The van der Waals surface area contributed by atoms with Gasteiger partial charge in [0, 0.05) is 31.9 Å². The summed E-state index contributed by atoms with van der Waals surface area (Å²) in [6.45, 7) is 3.80. The molecule has 3 aromatic rings. The molecule has 0 saturated carbocycles. The van der Waals surface area contributed by atoms with Crippen molar-refractivity contribution in [3.63, 3.8) is 0 Å². The van der Waals surface area contributed by atoms with Crippen molar-refractivity contribution in [2.24, 2.45) is 0 Å². The lowest BCUT2D eigenvalue weighted by molar-refractivity contribution is -0.117. The molecule has 154 valence electrons. The van der Waals surface area contributed by atoms with Gasteiger partial charge in [0.25, 0.3) is 0 Å². The molecule has 0 atom stereocenters. The molecule has 4 rings (SSSR count). The van der Waals surface area contributed by atoms with Crippen LogP contribution in [0.2, 0.25) is 5.02 Å². The van der Waals surface area contributed by atoms with E-state index in [1.807, 2.05) is 60.7 Å². The van der Waals surface area contributed by atoms with Crippen LogP contribution in [-0.4, -0.2) is 43.5 Å². The molecule has 1 saturated heterocycles. The van der Waals surface area contributed by atoms with Crippen molar-refractivity contribution in [1.29, 1.82) is 0 Å². The van der Waals surface area contributed by atoms with Crippen molar-refractivity contribution in [1.82, 2.24) is 4.90 Å². The predicted molar refractivity (Wildman–Crippen MR) is 124 cm³/mol. The van der Waals surface area contributed by atoms with Crippen LogP contribution >= 0.6 is 11.6 Å². The molecule has 1 N–H and O–H groups in total. The number of rotatable bonds is 6. The molecule has 1 fully saturated rings. The molecule has 5 heteroatoms. The molecule has 4 nitrogen and oxygen atoms in total. The van der Waals surface area contributed by atoms with Gasteiger partial charge >= 0.3 is 0 Å². The molecule has 0 aromatic heterocycles. The third kappa shape index (κ3) is 5.21. The second kappa shape index (κ2) is 9.79. The van der Waals surface area contributed by atoms with Crippen LogP contribution in [0.3, 0.4) is 0 Å². The lowest BCUT2D eigenvalue weighted by Crippen LogP contribution is -2.48. The van der Waals surface area contributed by atoms with E-state index in [9.17, 15) is 4.79 Å².